The minimum Gasteiger partial charge on any atom is -0.131 e. The van der Waals surface area contributed by atoms with Crippen LogP contribution in [0.2, 0.25) is 0 Å². The molecule has 0 aromatic heterocycles. The van der Waals surface area contributed by atoms with E-state index in [0.29, 0.717) is 0 Å². The van der Waals surface area contributed by atoms with Crippen LogP contribution >= 0.6 is 9.24 Å². The lowest BCUT2D eigenvalue weighted by molar-refractivity contribution is 0.752. The first-order valence-corrected chi connectivity index (χ1v) is 2.78. The highest BCUT2D eigenvalue weighted by Crippen LogP contribution is 2.18. The lowest BCUT2D eigenvalue weighted by atomic mass is 10.1. The predicted molar refractivity (Wildman–Crippen MR) is 33.8 cm³/mol. The van der Waals surface area contributed by atoms with Crippen molar-refractivity contribution < 1.29 is 0 Å². The topological polar surface area (TPSA) is 0 Å². The highest BCUT2D eigenvalue weighted by atomic mass is 31.0. The molecule has 0 aliphatic carbocycles. The van der Waals surface area contributed by atoms with Gasteiger partial charge in [0.15, 0.2) is 0 Å². The van der Waals surface area contributed by atoms with Crippen LogP contribution in [-0.2, 0) is 0 Å². The minimum atomic E-state index is 0.208. The molecule has 0 fully saturated rings. The summed E-state index contributed by atoms with van der Waals surface area (Å²) < 4.78 is 0. The van der Waals surface area contributed by atoms with Crippen LogP contribution < -0.4 is 0 Å². The molecule has 0 aromatic carbocycles. The Kier molecular flexibility index (Phi) is 2.07. The van der Waals surface area contributed by atoms with Crippen molar-refractivity contribution in [1.82, 2.24) is 0 Å². The molecule has 1 heteroatoms. The summed E-state index contributed by atoms with van der Waals surface area (Å²) in [6.45, 7) is 8.07. The number of hydrogen-bond acceptors (Lipinski definition) is 0. The molecule has 2 unspecified atom stereocenters. The van der Waals surface area contributed by atoms with Crippen molar-refractivity contribution in [3.05, 3.63) is 6.92 Å². The van der Waals surface area contributed by atoms with E-state index in [2.05, 4.69) is 30.0 Å². The summed E-state index contributed by atoms with van der Waals surface area (Å²) in [7, 11) is 2.68. The smallest absolute Gasteiger partial charge is 0.0181 e. The largest absolute Gasteiger partial charge is 0.131 e. The average molecular weight is 103 g/mol. The Morgan fingerprint density at radius 3 is 2.00 bits per heavy atom. The van der Waals surface area contributed by atoms with Gasteiger partial charge in [0.1, 0.15) is 0 Å². The third kappa shape index (κ3) is 4.43. The van der Waals surface area contributed by atoms with E-state index in [4.69, 9.17) is 0 Å². The molecule has 0 saturated heterocycles. The molecule has 0 N–H and O–H groups in total. The Bertz CT molecular complexity index is 33.7. The molecule has 0 heterocycles. The van der Waals surface area contributed by atoms with Gasteiger partial charge in [-0.25, -0.2) is 0 Å². The Morgan fingerprint density at radius 1 is 1.83 bits per heavy atom. The maximum atomic E-state index is 3.85. The van der Waals surface area contributed by atoms with Crippen molar-refractivity contribution in [2.24, 2.45) is 0 Å². The number of rotatable bonds is 1. The van der Waals surface area contributed by atoms with Crippen LogP contribution in [0.4, 0.5) is 0 Å². The Balaban J connectivity index is 3.17. The molecular formula is C5H12P. The van der Waals surface area contributed by atoms with Gasteiger partial charge in [0.25, 0.3) is 0 Å². The van der Waals surface area contributed by atoms with Gasteiger partial charge < -0.3 is 0 Å². The highest BCUT2D eigenvalue weighted by Gasteiger charge is 2.03. The summed E-state index contributed by atoms with van der Waals surface area (Å²) in [6.07, 6.45) is 1.12. The predicted octanol–water partition coefficient (Wildman–Crippen LogP) is 1.86. The van der Waals surface area contributed by atoms with E-state index in [-0.39, 0.29) is 5.16 Å². The molecule has 2 atom stereocenters. The second kappa shape index (κ2) is 1.93. The third-order valence-corrected chi connectivity index (χ3v) is 1.22. The monoisotopic (exact) mass is 103 g/mol. The summed E-state index contributed by atoms with van der Waals surface area (Å²) >= 11 is 0. The van der Waals surface area contributed by atoms with E-state index < -0.39 is 0 Å². The fourth-order valence-corrected chi connectivity index (χ4v) is 0. The fraction of sp³-hybridized carbons (Fsp3) is 0.800. The second-order valence-corrected chi connectivity index (χ2v) is 3.40. The van der Waals surface area contributed by atoms with E-state index in [0.717, 1.165) is 6.42 Å². The van der Waals surface area contributed by atoms with Gasteiger partial charge in [-0.15, -0.1) is 9.24 Å². The lowest BCUT2D eigenvalue weighted by Crippen LogP contribution is -2.05. The van der Waals surface area contributed by atoms with Crippen LogP contribution in [0.1, 0.15) is 20.3 Å². The van der Waals surface area contributed by atoms with Crippen LogP contribution in [0.3, 0.4) is 0 Å². The SMILES string of the molecule is [CH2]C(C)(P)CC. The molecule has 0 aromatic rings. The normalized spacial score (nSPS) is 12.0. The second-order valence-electron chi connectivity index (χ2n) is 2.01. The van der Waals surface area contributed by atoms with Crippen molar-refractivity contribution in [2.75, 3.05) is 0 Å². The summed E-state index contributed by atoms with van der Waals surface area (Å²) in [5, 5.41) is 0.208. The molecule has 0 aliphatic rings. The minimum absolute atomic E-state index is 0.208. The first-order chi connectivity index (χ1) is 2.56. The van der Waals surface area contributed by atoms with Gasteiger partial charge in [-0.3, -0.25) is 0 Å². The molecule has 0 rings (SSSR count). The fourth-order valence-electron chi connectivity index (χ4n) is 0. The first kappa shape index (κ1) is 6.43. The van der Waals surface area contributed by atoms with E-state index in [1.54, 1.807) is 0 Å². The van der Waals surface area contributed by atoms with E-state index in [1.165, 1.54) is 0 Å². The van der Waals surface area contributed by atoms with Crippen LogP contribution in [-0.4, -0.2) is 5.16 Å². The van der Waals surface area contributed by atoms with E-state index >= 15 is 0 Å². The molecular weight excluding hydrogens is 91.0 g/mol. The summed E-state index contributed by atoms with van der Waals surface area (Å²) in [6, 6.07) is 0. The van der Waals surface area contributed by atoms with Crippen LogP contribution in [0.5, 0.6) is 0 Å². The van der Waals surface area contributed by atoms with E-state index in [1.807, 2.05) is 0 Å². The highest BCUT2D eigenvalue weighted by molar-refractivity contribution is 7.19. The molecule has 0 aliphatic heterocycles. The van der Waals surface area contributed by atoms with Gasteiger partial charge in [0.05, 0.1) is 0 Å². The van der Waals surface area contributed by atoms with Crippen molar-refractivity contribution in [1.29, 1.82) is 0 Å². The quantitative estimate of drug-likeness (QED) is 0.444. The standard InChI is InChI=1S/C5H12P/c1-4-5(2,3)6/h2,4,6H2,1,3H3. The van der Waals surface area contributed by atoms with Crippen LogP contribution in [0.15, 0.2) is 0 Å². The molecule has 1 radical (unpaired) electrons. The average Bonchev–Trinajstić information content (AvgIpc) is 1.35. The maximum absolute atomic E-state index is 3.85. The first-order valence-electron chi connectivity index (χ1n) is 2.20. The Hall–Kier alpha value is 0.430. The van der Waals surface area contributed by atoms with Gasteiger partial charge in [-0.05, 0) is 18.5 Å². The Morgan fingerprint density at radius 2 is 2.00 bits per heavy atom. The van der Waals surface area contributed by atoms with E-state index in [9.17, 15) is 0 Å². The molecule has 6 heavy (non-hydrogen) atoms. The zero-order chi connectivity index (χ0) is 5.21. The summed E-state index contributed by atoms with van der Waals surface area (Å²) in [4.78, 5) is 0. The zero-order valence-electron chi connectivity index (χ0n) is 4.49. The molecule has 0 spiro atoms. The van der Waals surface area contributed by atoms with Gasteiger partial charge in [0.2, 0.25) is 0 Å². The molecule has 0 amide bonds. The van der Waals surface area contributed by atoms with Crippen molar-refractivity contribution >= 4 is 9.24 Å². The summed E-state index contributed by atoms with van der Waals surface area (Å²) in [5.74, 6) is 0. The summed E-state index contributed by atoms with van der Waals surface area (Å²) in [5.41, 5.74) is 0. The third-order valence-electron chi connectivity index (χ3n) is 0.808. The van der Waals surface area contributed by atoms with Crippen molar-refractivity contribution in [3.63, 3.8) is 0 Å². The molecule has 0 nitrogen and oxygen atoms in total. The molecule has 37 valence electrons. The zero-order valence-corrected chi connectivity index (χ0v) is 5.65. The maximum Gasteiger partial charge on any atom is -0.0181 e. The van der Waals surface area contributed by atoms with Gasteiger partial charge in [0, 0.05) is 0 Å². The van der Waals surface area contributed by atoms with Gasteiger partial charge in [-0.1, -0.05) is 13.8 Å². The lowest BCUT2D eigenvalue weighted by Gasteiger charge is -2.12. The van der Waals surface area contributed by atoms with Crippen LogP contribution in [0.25, 0.3) is 0 Å². The van der Waals surface area contributed by atoms with Crippen molar-refractivity contribution in [3.8, 4) is 0 Å². The van der Waals surface area contributed by atoms with Crippen LogP contribution in [0, 0.1) is 6.92 Å². The molecule has 0 saturated carbocycles. The van der Waals surface area contributed by atoms with Gasteiger partial charge >= 0.3 is 0 Å². The number of hydrogen-bond donors (Lipinski definition) is 0. The Labute approximate surface area is 42.5 Å². The molecule has 0 bridgehead atoms. The van der Waals surface area contributed by atoms with Gasteiger partial charge in [-0.2, -0.15) is 0 Å². The van der Waals surface area contributed by atoms with Crippen molar-refractivity contribution in [2.45, 2.75) is 25.4 Å².